The first-order valence-electron chi connectivity index (χ1n) is 2.80. The number of alkyl halides is 1. The molecular formula is C8H10ClZr-. The Bertz CT molecular complexity index is 106. The van der Waals surface area contributed by atoms with Gasteiger partial charge in [-0.1, -0.05) is 6.08 Å². The second kappa shape index (κ2) is 12.1. The van der Waals surface area contributed by atoms with Gasteiger partial charge in [-0.2, -0.15) is 6.08 Å². The van der Waals surface area contributed by atoms with Crippen LogP contribution in [0, 0.1) is 6.08 Å². The molecule has 1 rings (SSSR count). The zero-order valence-corrected chi connectivity index (χ0v) is 9.02. The summed E-state index contributed by atoms with van der Waals surface area (Å²) in [5.74, 6) is 0.556. The van der Waals surface area contributed by atoms with Crippen LogP contribution >= 0.6 is 11.6 Å². The van der Waals surface area contributed by atoms with Crippen LogP contribution in [0.4, 0.5) is 0 Å². The molecule has 0 saturated heterocycles. The Balaban J connectivity index is 0. The third-order valence-electron chi connectivity index (χ3n) is 0.695. The minimum atomic E-state index is 0. The topological polar surface area (TPSA) is 0 Å². The molecule has 0 radical (unpaired) electrons. The third kappa shape index (κ3) is 11.2. The van der Waals surface area contributed by atoms with Crippen molar-refractivity contribution in [1.29, 1.82) is 0 Å². The molecule has 0 aromatic rings. The molecule has 0 nitrogen and oxygen atoms in total. The average molecular weight is 233 g/mol. The van der Waals surface area contributed by atoms with Gasteiger partial charge in [-0.15, -0.1) is 24.6 Å². The normalized spacial score (nSPS) is 11.3. The Morgan fingerprint density at radius 3 is 2.40 bits per heavy atom. The SMILES string of the molecule is C=CCCl.[C-]1=CC=CC1.[Zr]. The monoisotopic (exact) mass is 231 g/mol. The van der Waals surface area contributed by atoms with Crippen molar-refractivity contribution < 1.29 is 26.2 Å². The Hall–Kier alpha value is 0.393. The van der Waals surface area contributed by atoms with Crippen molar-refractivity contribution in [3.63, 3.8) is 0 Å². The number of rotatable bonds is 1. The van der Waals surface area contributed by atoms with E-state index < -0.39 is 0 Å². The van der Waals surface area contributed by atoms with Gasteiger partial charge in [-0.3, -0.25) is 6.08 Å². The molecule has 1 aliphatic rings. The van der Waals surface area contributed by atoms with Crippen LogP contribution in [0.5, 0.6) is 0 Å². The van der Waals surface area contributed by atoms with Crippen LogP contribution in [0.2, 0.25) is 0 Å². The number of halogens is 1. The van der Waals surface area contributed by atoms with Gasteiger partial charge in [0, 0.05) is 32.1 Å². The van der Waals surface area contributed by atoms with Gasteiger partial charge in [0.05, 0.1) is 0 Å². The predicted octanol–water partition coefficient (Wildman–Crippen LogP) is 2.71. The summed E-state index contributed by atoms with van der Waals surface area (Å²) in [4.78, 5) is 0. The smallest absolute Gasteiger partial charge is 0.0401 e. The first kappa shape index (κ1) is 13.0. The summed E-state index contributed by atoms with van der Waals surface area (Å²) in [6.45, 7) is 3.35. The van der Waals surface area contributed by atoms with Crippen molar-refractivity contribution in [2.45, 2.75) is 6.42 Å². The van der Waals surface area contributed by atoms with Crippen LogP contribution in [0.1, 0.15) is 6.42 Å². The van der Waals surface area contributed by atoms with Crippen LogP contribution in [0.25, 0.3) is 0 Å². The van der Waals surface area contributed by atoms with E-state index in [4.69, 9.17) is 11.6 Å². The summed E-state index contributed by atoms with van der Waals surface area (Å²) in [7, 11) is 0. The molecule has 0 heterocycles. The van der Waals surface area contributed by atoms with E-state index in [1.807, 2.05) is 12.2 Å². The standard InChI is InChI=1S/C5H5.C3H5Cl.Zr/c1-2-4-5-3-1;1-2-3-4;/h1-3H,4H2;2H,1,3H2;/q-1;;. The molecule has 0 atom stereocenters. The zero-order chi connectivity index (χ0) is 6.95. The van der Waals surface area contributed by atoms with E-state index in [9.17, 15) is 0 Å². The Labute approximate surface area is 86.8 Å². The van der Waals surface area contributed by atoms with E-state index in [1.54, 1.807) is 6.08 Å². The number of hydrogen-bond acceptors (Lipinski definition) is 0. The Morgan fingerprint density at radius 1 is 1.70 bits per heavy atom. The molecule has 1 aliphatic carbocycles. The third-order valence-corrected chi connectivity index (χ3v) is 0.913. The largest absolute Gasteiger partial charge is 0.273 e. The second-order valence-corrected chi connectivity index (χ2v) is 1.75. The summed E-state index contributed by atoms with van der Waals surface area (Å²) < 4.78 is 0. The summed E-state index contributed by atoms with van der Waals surface area (Å²) in [5, 5.41) is 0. The van der Waals surface area contributed by atoms with Gasteiger partial charge in [0.2, 0.25) is 0 Å². The first-order valence-corrected chi connectivity index (χ1v) is 3.34. The summed E-state index contributed by atoms with van der Waals surface area (Å²) in [6, 6.07) is 0. The average Bonchev–Trinajstić information content (AvgIpc) is 2.43. The fraction of sp³-hybridized carbons (Fsp3) is 0.250. The number of hydrogen-bond donors (Lipinski definition) is 0. The predicted molar refractivity (Wildman–Crippen MR) is 42.5 cm³/mol. The van der Waals surface area contributed by atoms with Gasteiger partial charge in [0.15, 0.2) is 0 Å². The van der Waals surface area contributed by atoms with Crippen LogP contribution in [0.3, 0.4) is 0 Å². The van der Waals surface area contributed by atoms with Gasteiger partial charge >= 0.3 is 0 Å². The Morgan fingerprint density at radius 2 is 2.30 bits per heavy atom. The van der Waals surface area contributed by atoms with Crippen molar-refractivity contribution >= 4 is 11.6 Å². The quantitative estimate of drug-likeness (QED) is 0.371. The molecule has 0 aliphatic heterocycles. The minimum absolute atomic E-state index is 0. The molecule has 0 aromatic heterocycles. The van der Waals surface area contributed by atoms with Crippen molar-refractivity contribution in [2.75, 3.05) is 5.88 Å². The van der Waals surface area contributed by atoms with Crippen molar-refractivity contribution in [3.05, 3.63) is 37.0 Å². The van der Waals surface area contributed by atoms with Crippen LogP contribution in [0.15, 0.2) is 30.9 Å². The maximum absolute atomic E-state index is 5.07. The molecule has 0 bridgehead atoms. The van der Waals surface area contributed by atoms with E-state index in [2.05, 4.69) is 18.7 Å². The van der Waals surface area contributed by atoms with Crippen LogP contribution in [-0.2, 0) is 26.2 Å². The van der Waals surface area contributed by atoms with E-state index in [1.165, 1.54) is 0 Å². The molecule has 10 heavy (non-hydrogen) atoms. The van der Waals surface area contributed by atoms with Gasteiger partial charge in [0.25, 0.3) is 0 Å². The van der Waals surface area contributed by atoms with Crippen LogP contribution < -0.4 is 0 Å². The molecular weight excluding hydrogens is 223 g/mol. The molecule has 0 unspecified atom stereocenters. The second-order valence-electron chi connectivity index (χ2n) is 1.45. The van der Waals surface area contributed by atoms with E-state index in [-0.39, 0.29) is 26.2 Å². The van der Waals surface area contributed by atoms with Gasteiger partial charge < -0.3 is 0 Å². The minimum Gasteiger partial charge on any atom is -0.273 e. The zero-order valence-electron chi connectivity index (χ0n) is 5.81. The summed E-state index contributed by atoms with van der Waals surface area (Å²) in [6.07, 6.45) is 11.6. The van der Waals surface area contributed by atoms with Gasteiger partial charge in [-0.05, 0) is 0 Å². The van der Waals surface area contributed by atoms with Crippen molar-refractivity contribution in [1.82, 2.24) is 0 Å². The molecule has 2 heteroatoms. The number of allylic oxidation sites excluding steroid dienone is 5. The van der Waals surface area contributed by atoms with Gasteiger partial charge in [-0.25, -0.2) is 12.2 Å². The van der Waals surface area contributed by atoms with E-state index in [0.717, 1.165) is 6.42 Å². The summed E-state index contributed by atoms with van der Waals surface area (Å²) in [5.41, 5.74) is 0. The molecule has 0 N–H and O–H groups in total. The van der Waals surface area contributed by atoms with Gasteiger partial charge in [0.1, 0.15) is 0 Å². The Kier molecular flexibility index (Phi) is 15.8. The molecule has 0 spiro atoms. The first-order chi connectivity index (χ1) is 4.41. The van der Waals surface area contributed by atoms with Crippen LogP contribution in [-0.4, -0.2) is 5.88 Å². The summed E-state index contributed by atoms with van der Waals surface area (Å²) >= 11 is 5.07. The molecule has 0 aromatic carbocycles. The van der Waals surface area contributed by atoms with E-state index in [0.29, 0.717) is 5.88 Å². The van der Waals surface area contributed by atoms with Crippen molar-refractivity contribution in [3.8, 4) is 0 Å². The molecule has 54 valence electrons. The molecule has 0 amide bonds. The fourth-order valence-electron chi connectivity index (χ4n) is 0.340. The maximum Gasteiger partial charge on any atom is 0.0401 e. The van der Waals surface area contributed by atoms with E-state index >= 15 is 0 Å². The molecule has 0 fully saturated rings. The maximum atomic E-state index is 5.07. The van der Waals surface area contributed by atoms with Crippen molar-refractivity contribution in [2.24, 2.45) is 0 Å². The molecule has 0 saturated carbocycles. The fourth-order valence-corrected chi connectivity index (χ4v) is 0.340.